The van der Waals surface area contributed by atoms with Crippen LogP contribution in [0.3, 0.4) is 0 Å². The number of hydrogen-bond acceptors (Lipinski definition) is 4. The van der Waals surface area contributed by atoms with Gasteiger partial charge in [0.25, 0.3) is 0 Å². The molecule has 1 aromatic carbocycles. The van der Waals surface area contributed by atoms with Crippen LogP contribution in [-0.2, 0) is 13.0 Å². The molecule has 0 amide bonds. The minimum atomic E-state index is 0.659. The van der Waals surface area contributed by atoms with E-state index >= 15 is 0 Å². The third-order valence-corrected chi connectivity index (χ3v) is 3.94. The normalized spacial score (nSPS) is 11.0. The molecule has 3 aromatic heterocycles. The van der Waals surface area contributed by atoms with Gasteiger partial charge in [0.2, 0.25) is 0 Å². The zero-order chi connectivity index (χ0) is 16.2. The van der Waals surface area contributed by atoms with Crippen LogP contribution in [0, 0.1) is 0 Å². The average Bonchev–Trinajstić information content (AvgIpc) is 3.11. The van der Waals surface area contributed by atoms with Crippen LogP contribution in [0.2, 0.25) is 0 Å². The van der Waals surface area contributed by atoms with E-state index < -0.39 is 0 Å². The van der Waals surface area contributed by atoms with Gasteiger partial charge in [-0.2, -0.15) is 5.10 Å². The van der Waals surface area contributed by atoms with Gasteiger partial charge in [0, 0.05) is 24.5 Å². The minimum absolute atomic E-state index is 0.659. The molecule has 0 bridgehead atoms. The monoisotopic (exact) mass is 315 g/mol. The van der Waals surface area contributed by atoms with E-state index in [1.807, 2.05) is 35.3 Å². The number of fused-ring (bicyclic) bond motifs is 1. The van der Waals surface area contributed by atoms with E-state index in [4.69, 9.17) is 0 Å². The number of rotatable bonds is 5. The maximum atomic E-state index is 4.56. The van der Waals surface area contributed by atoms with Gasteiger partial charge in [0.05, 0.1) is 18.1 Å². The number of nitrogens with zero attached hydrogens (tertiary/aromatic N) is 5. The van der Waals surface area contributed by atoms with Crippen molar-refractivity contribution >= 4 is 11.2 Å². The third-order valence-electron chi connectivity index (χ3n) is 3.94. The molecule has 0 spiro atoms. The Balaban J connectivity index is 1.45. The molecule has 0 fully saturated rings. The summed E-state index contributed by atoms with van der Waals surface area (Å²) in [7, 11) is 0. The van der Waals surface area contributed by atoms with E-state index in [1.54, 1.807) is 12.4 Å². The fraction of sp³-hybridized carbons (Fsp3) is 0.158. The molecule has 118 valence electrons. The molecule has 5 heteroatoms. The molecular formula is C19H17N5. The summed E-state index contributed by atoms with van der Waals surface area (Å²) in [5, 5.41) is 4.43. The summed E-state index contributed by atoms with van der Waals surface area (Å²) in [6.45, 7) is 0.883. The lowest BCUT2D eigenvalue weighted by atomic mass is 10.1. The molecule has 0 aliphatic carbocycles. The lowest BCUT2D eigenvalue weighted by Gasteiger charge is -2.02. The Bertz CT molecular complexity index is 946. The van der Waals surface area contributed by atoms with Gasteiger partial charge in [-0.3, -0.25) is 9.67 Å². The first kappa shape index (κ1) is 14.5. The first-order valence-corrected chi connectivity index (χ1v) is 8.03. The summed E-state index contributed by atoms with van der Waals surface area (Å²) in [4.78, 5) is 13.2. The van der Waals surface area contributed by atoms with E-state index in [0.717, 1.165) is 36.2 Å². The highest BCUT2D eigenvalue weighted by atomic mass is 15.3. The Kier molecular flexibility index (Phi) is 3.98. The average molecular weight is 315 g/mol. The third kappa shape index (κ3) is 3.15. The van der Waals surface area contributed by atoms with Crippen molar-refractivity contribution in [3.63, 3.8) is 0 Å². The van der Waals surface area contributed by atoms with Crippen LogP contribution in [-0.4, -0.2) is 24.7 Å². The van der Waals surface area contributed by atoms with Crippen LogP contribution in [0.15, 0.2) is 67.3 Å². The van der Waals surface area contributed by atoms with Gasteiger partial charge in [0.15, 0.2) is 5.65 Å². The molecular weight excluding hydrogens is 298 g/mol. The fourth-order valence-corrected chi connectivity index (χ4v) is 2.70. The Hall–Kier alpha value is -3.08. The van der Waals surface area contributed by atoms with Crippen molar-refractivity contribution in [1.82, 2.24) is 24.7 Å². The van der Waals surface area contributed by atoms with Crippen LogP contribution < -0.4 is 0 Å². The number of pyridine rings is 1. The Morgan fingerprint density at radius 2 is 1.83 bits per heavy atom. The van der Waals surface area contributed by atoms with Gasteiger partial charge in [-0.25, -0.2) is 9.97 Å². The van der Waals surface area contributed by atoms with Crippen molar-refractivity contribution in [3.05, 3.63) is 72.8 Å². The molecule has 24 heavy (non-hydrogen) atoms. The van der Waals surface area contributed by atoms with Crippen molar-refractivity contribution in [2.75, 3.05) is 0 Å². The van der Waals surface area contributed by atoms with Gasteiger partial charge in [-0.05, 0) is 30.5 Å². The van der Waals surface area contributed by atoms with Crippen molar-refractivity contribution in [1.29, 1.82) is 0 Å². The summed E-state index contributed by atoms with van der Waals surface area (Å²) < 4.78 is 1.96. The molecule has 0 atom stereocenters. The molecule has 0 aliphatic rings. The smallest absolute Gasteiger partial charge is 0.178 e. The van der Waals surface area contributed by atoms with E-state index in [-0.39, 0.29) is 0 Å². The Morgan fingerprint density at radius 1 is 0.917 bits per heavy atom. The standard InChI is InChI=1S/C19H17N5/c1-2-6-15(7-3-1)8-5-11-24-14-16(12-22-24)18-13-21-17-9-4-10-20-19(17)23-18/h1-4,6-7,9-10,12-14H,5,8,11H2. The molecule has 0 saturated carbocycles. The van der Waals surface area contributed by atoms with E-state index in [0.29, 0.717) is 5.65 Å². The van der Waals surface area contributed by atoms with Crippen LogP contribution >= 0.6 is 0 Å². The number of hydrogen-bond donors (Lipinski definition) is 0. The first-order chi connectivity index (χ1) is 11.9. The van der Waals surface area contributed by atoms with Crippen LogP contribution in [0.1, 0.15) is 12.0 Å². The highest BCUT2D eigenvalue weighted by molar-refractivity contribution is 5.72. The highest BCUT2D eigenvalue weighted by Crippen LogP contribution is 2.17. The van der Waals surface area contributed by atoms with Crippen molar-refractivity contribution in [2.45, 2.75) is 19.4 Å². The van der Waals surface area contributed by atoms with Crippen molar-refractivity contribution < 1.29 is 0 Å². The second-order valence-corrected chi connectivity index (χ2v) is 5.68. The summed E-state index contributed by atoms with van der Waals surface area (Å²) in [5.74, 6) is 0. The summed E-state index contributed by atoms with van der Waals surface area (Å²) >= 11 is 0. The zero-order valence-electron chi connectivity index (χ0n) is 13.2. The highest BCUT2D eigenvalue weighted by Gasteiger charge is 2.06. The molecule has 0 N–H and O–H groups in total. The molecule has 4 aromatic rings. The maximum Gasteiger partial charge on any atom is 0.178 e. The predicted octanol–water partition coefficient (Wildman–Crippen LogP) is 3.52. The zero-order valence-corrected chi connectivity index (χ0v) is 13.2. The Labute approximate surface area is 140 Å². The van der Waals surface area contributed by atoms with E-state index in [9.17, 15) is 0 Å². The lowest BCUT2D eigenvalue weighted by molar-refractivity contribution is 0.579. The van der Waals surface area contributed by atoms with Crippen molar-refractivity contribution in [3.8, 4) is 11.3 Å². The first-order valence-electron chi connectivity index (χ1n) is 8.03. The van der Waals surface area contributed by atoms with Gasteiger partial charge >= 0.3 is 0 Å². The van der Waals surface area contributed by atoms with Gasteiger partial charge in [-0.15, -0.1) is 0 Å². The van der Waals surface area contributed by atoms with E-state index in [1.165, 1.54) is 5.56 Å². The van der Waals surface area contributed by atoms with Gasteiger partial charge in [0.1, 0.15) is 5.52 Å². The minimum Gasteiger partial charge on any atom is -0.272 e. The predicted molar refractivity (Wildman–Crippen MR) is 93.3 cm³/mol. The number of aromatic nitrogens is 5. The molecule has 0 radical (unpaired) electrons. The molecule has 0 unspecified atom stereocenters. The summed E-state index contributed by atoms with van der Waals surface area (Å²) in [6.07, 6.45) is 9.46. The molecule has 4 rings (SSSR count). The van der Waals surface area contributed by atoms with Gasteiger partial charge < -0.3 is 0 Å². The van der Waals surface area contributed by atoms with Crippen LogP contribution in [0.5, 0.6) is 0 Å². The lowest BCUT2D eigenvalue weighted by Crippen LogP contribution is -1.99. The number of benzene rings is 1. The Morgan fingerprint density at radius 3 is 2.75 bits per heavy atom. The largest absolute Gasteiger partial charge is 0.272 e. The second kappa shape index (κ2) is 6.58. The summed E-state index contributed by atoms with van der Waals surface area (Å²) in [6, 6.07) is 14.3. The fourth-order valence-electron chi connectivity index (χ4n) is 2.70. The number of aryl methyl sites for hydroxylation is 2. The summed E-state index contributed by atoms with van der Waals surface area (Å²) in [5.41, 5.74) is 4.59. The molecule has 5 nitrogen and oxygen atoms in total. The van der Waals surface area contributed by atoms with E-state index in [2.05, 4.69) is 44.3 Å². The van der Waals surface area contributed by atoms with Gasteiger partial charge in [-0.1, -0.05) is 30.3 Å². The molecule has 3 heterocycles. The van der Waals surface area contributed by atoms with Crippen LogP contribution in [0.4, 0.5) is 0 Å². The topological polar surface area (TPSA) is 56.5 Å². The quantitative estimate of drug-likeness (QED) is 0.565. The van der Waals surface area contributed by atoms with Crippen LogP contribution in [0.25, 0.3) is 22.4 Å². The second-order valence-electron chi connectivity index (χ2n) is 5.68. The molecule has 0 saturated heterocycles. The maximum absolute atomic E-state index is 4.56. The SMILES string of the molecule is c1ccc(CCCn2cc(-c3cnc4cccnc4n3)cn2)cc1. The molecule has 0 aliphatic heterocycles. The van der Waals surface area contributed by atoms with Crippen molar-refractivity contribution in [2.24, 2.45) is 0 Å².